The zero-order valence-corrected chi connectivity index (χ0v) is 17.4. The first-order chi connectivity index (χ1) is 14.0. The van der Waals surface area contributed by atoms with Crippen molar-refractivity contribution in [2.24, 2.45) is 5.73 Å². The van der Waals surface area contributed by atoms with Crippen molar-refractivity contribution in [2.45, 2.75) is 38.3 Å². The summed E-state index contributed by atoms with van der Waals surface area (Å²) in [5.41, 5.74) is 8.44. The van der Waals surface area contributed by atoms with E-state index in [0.717, 1.165) is 41.1 Å². The molecule has 3 heterocycles. The van der Waals surface area contributed by atoms with Crippen molar-refractivity contribution in [3.8, 4) is 11.3 Å². The van der Waals surface area contributed by atoms with E-state index in [4.69, 9.17) is 17.3 Å². The molecule has 8 heteroatoms. The fourth-order valence-corrected chi connectivity index (χ4v) is 5.10. The summed E-state index contributed by atoms with van der Waals surface area (Å²) >= 11 is 7.85. The second-order valence-electron chi connectivity index (χ2n) is 7.20. The van der Waals surface area contributed by atoms with Crippen LogP contribution in [-0.4, -0.2) is 28.3 Å². The molecular formula is C21H22ClFN4OS. The summed E-state index contributed by atoms with van der Waals surface area (Å²) in [6.45, 7) is 1.26. The number of carbonyl (C=O) groups excluding carboxylic acids is 1. The highest BCUT2D eigenvalue weighted by atomic mass is 35.5. The number of aryl methyl sites for hydroxylation is 2. The lowest BCUT2D eigenvalue weighted by Crippen LogP contribution is -2.37. The molecule has 0 aliphatic carbocycles. The maximum atomic E-state index is 13.5. The lowest BCUT2D eigenvalue weighted by molar-refractivity contribution is 0.0939. The van der Waals surface area contributed by atoms with Crippen molar-refractivity contribution in [1.82, 2.24) is 15.1 Å². The van der Waals surface area contributed by atoms with Gasteiger partial charge in [0.15, 0.2) is 0 Å². The van der Waals surface area contributed by atoms with Crippen molar-refractivity contribution in [2.75, 3.05) is 6.54 Å². The van der Waals surface area contributed by atoms with E-state index in [2.05, 4.69) is 10.4 Å². The number of hydrogen-bond donors (Lipinski definition) is 2. The zero-order chi connectivity index (χ0) is 20.4. The summed E-state index contributed by atoms with van der Waals surface area (Å²) in [5, 5.41) is 8.02. The van der Waals surface area contributed by atoms with Gasteiger partial charge in [-0.25, -0.2) is 4.39 Å². The Bertz CT molecular complexity index is 1030. The third kappa shape index (κ3) is 4.37. The second kappa shape index (κ2) is 8.65. The summed E-state index contributed by atoms with van der Waals surface area (Å²) in [6.07, 6.45) is 4.65. The van der Waals surface area contributed by atoms with Gasteiger partial charge in [0, 0.05) is 23.0 Å². The number of rotatable bonds is 6. The number of nitrogens with one attached hydrogen (secondary N) is 1. The first kappa shape index (κ1) is 20.1. The summed E-state index contributed by atoms with van der Waals surface area (Å²) in [5.74, 6) is -0.420. The molecule has 1 aliphatic rings. The van der Waals surface area contributed by atoms with E-state index >= 15 is 0 Å². The van der Waals surface area contributed by atoms with Crippen LogP contribution in [0.2, 0.25) is 5.02 Å². The predicted octanol–water partition coefficient (Wildman–Crippen LogP) is 4.04. The summed E-state index contributed by atoms with van der Waals surface area (Å²) in [4.78, 5) is 14.7. The molecule has 1 atom stereocenters. The highest BCUT2D eigenvalue weighted by molar-refractivity contribution is 7.14. The average molecular weight is 433 g/mol. The van der Waals surface area contributed by atoms with Crippen LogP contribution >= 0.6 is 22.9 Å². The van der Waals surface area contributed by atoms with E-state index in [0.29, 0.717) is 29.3 Å². The number of amides is 1. The molecule has 0 spiro atoms. The molecule has 0 radical (unpaired) electrons. The fourth-order valence-electron chi connectivity index (χ4n) is 3.75. The Labute approximate surface area is 177 Å². The van der Waals surface area contributed by atoms with Gasteiger partial charge in [-0.1, -0.05) is 23.7 Å². The van der Waals surface area contributed by atoms with Crippen LogP contribution in [0.25, 0.3) is 11.3 Å². The van der Waals surface area contributed by atoms with Crippen LogP contribution < -0.4 is 11.1 Å². The van der Waals surface area contributed by atoms with Crippen molar-refractivity contribution < 1.29 is 9.18 Å². The van der Waals surface area contributed by atoms with Crippen LogP contribution in [-0.2, 0) is 19.4 Å². The van der Waals surface area contributed by atoms with Gasteiger partial charge >= 0.3 is 0 Å². The molecule has 3 aromatic rings. The fraction of sp³-hybridized carbons (Fsp3) is 0.333. The Morgan fingerprint density at radius 3 is 3.07 bits per heavy atom. The summed E-state index contributed by atoms with van der Waals surface area (Å²) in [7, 11) is 0. The Kier molecular flexibility index (Phi) is 5.99. The third-order valence-corrected chi connectivity index (χ3v) is 6.55. The molecule has 2 aromatic heterocycles. The number of fused-ring (bicyclic) bond motifs is 3. The van der Waals surface area contributed by atoms with Gasteiger partial charge < -0.3 is 11.1 Å². The van der Waals surface area contributed by atoms with Gasteiger partial charge in [-0.3, -0.25) is 9.48 Å². The molecular weight excluding hydrogens is 411 g/mol. The van der Waals surface area contributed by atoms with E-state index in [1.54, 1.807) is 12.3 Å². The summed E-state index contributed by atoms with van der Waals surface area (Å²) in [6, 6.07) is 8.18. The molecule has 1 amide bonds. The van der Waals surface area contributed by atoms with E-state index < -0.39 is 0 Å². The topological polar surface area (TPSA) is 72.9 Å². The van der Waals surface area contributed by atoms with Crippen LogP contribution in [0.1, 0.15) is 33.0 Å². The number of benzene rings is 1. The minimum Gasteiger partial charge on any atom is -0.348 e. The van der Waals surface area contributed by atoms with Crippen LogP contribution in [0.5, 0.6) is 0 Å². The molecule has 152 valence electrons. The Balaban J connectivity index is 1.55. The molecule has 0 bridgehead atoms. The molecule has 29 heavy (non-hydrogen) atoms. The van der Waals surface area contributed by atoms with Gasteiger partial charge in [0.05, 0.1) is 21.8 Å². The molecule has 1 aliphatic heterocycles. The molecule has 5 nitrogen and oxygen atoms in total. The standard InChI is InChI=1S/C21H22ClFN4OS/c22-17-12-25-27-8-2-5-18-16(20(17)27)11-19(29-18)21(28)26-15(6-7-24)10-13-3-1-4-14(23)9-13/h1,3-4,9,11-12,15H,2,5-8,10,24H2,(H,26,28)/t15-/m1/s1. The number of nitrogens with zero attached hydrogens (tertiary/aromatic N) is 2. The van der Waals surface area contributed by atoms with Crippen LogP contribution in [0.15, 0.2) is 36.5 Å². The van der Waals surface area contributed by atoms with Crippen LogP contribution in [0, 0.1) is 5.82 Å². The molecule has 4 rings (SSSR count). The molecule has 0 unspecified atom stereocenters. The molecule has 0 saturated heterocycles. The number of aromatic nitrogens is 2. The Morgan fingerprint density at radius 1 is 1.41 bits per heavy atom. The highest BCUT2D eigenvalue weighted by Crippen LogP contribution is 2.38. The van der Waals surface area contributed by atoms with E-state index in [-0.39, 0.29) is 17.8 Å². The summed E-state index contributed by atoms with van der Waals surface area (Å²) < 4.78 is 15.4. The maximum absolute atomic E-state index is 13.5. The number of thiophene rings is 1. The minimum absolute atomic E-state index is 0.139. The lowest BCUT2D eigenvalue weighted by atomic mass is 10.0. The Morgan fingerprint density at radius 2 is 2.28 bits per heavy atom. The largest absolute Gasteiger partial charge is 0.348 e. The van der Waals surface area contributed by atoms with E-state index in [1.807, 2.05) is 16.8 Å². The molecule has 3 N–H and O–H groups in total. The van der Waals surface area contributed by atoms with Crippen molar-refractivity contribution >= 4 is 28.8 Å². The smallest absolute Gasteiger partial charge is 0.261 e. The first-order valence-corrected chi connectivity index (χ1v) is 10.8. The van der Waals surface area contributed by atoms with E-state index in [9.17, 15) is 9.18 Å². The van der Waals surface area contributed by atoms with Crippen molar-refractivity contribution in [1.29, 1.82) is 0 Å². The SMILES string of the molecule is NCC[C@H](Cc1cccc(F)c1)NC(=O)c1cc2c(s1)CCCn1ncc(Cl)c1-2. The normalized spacial score (nSPS) is 14.0. The monoisotopic (exact) mass is 432 g/mol. The number of hydrogen-bond acceptors (Lipinski definition) is 4. The third-order valence-electron chi connectivity index (χ3n) is 5.08. The van der Waals surface area contributed by atoms with Crippen molar-refractivity contribution in [3.63, 3.8) is 0 Å². The van der Waals surface area contributed by atoms with Crippen molar-refractivity contribution in [3.05, 3.63) is 62.7 Å². The number of nitrogens with two attached hydrogens (primary N) is 1. The molecule has 0 saturated carbocycles. The van der Waals surface area contributed by atoms with Gasteiger partial charge in [-0.05, 0) is 56.0 Å². The van der Waals surface area contributed by atoms with Crippen LogP contribution in [0.3, 0.4) is 0 Å². The lowest BCUT2D eigenvalue weighted by Gasteiger charge is -2.18. The molecule has 0 fully saturated rings. The Hall–Kier alpha value is -2.22. The predicted molar refractivity (Wildman–Crippen MR) is 114 cm³/mol. The van der Waals surface area contributed by atoms with Gasteiger partial charge in [0.1, 0.15) is 5.82 Å². The quantitative estimate of drug-likeness (QED) is 0.617. The van der Waals surface area contributed by atoms with Gasteiger partial charge in [-0.15, -0.1) is 11.3 Å². The van der Waals surface area contributed by atoms with Crippen LogP contribution in [0.4, 0.5) is 4.39 Å². The number of halogens is 2. The zero-order valence-electron chi connectivity index (χ0n) is 15.8. The second-order valence-corrected chi connectivity index (χ2v) is 8.74. The maximum Gasteiger partial charge on any atom is 0.261 e. The van der Waals surface area contributed by atoms with Gasteiger partial charge in [0.25, 0.3) is 5.91 Å². The average Bonchev–Trinajstić information content (AvgIpc) is 3.21. The first-order valence-electron chi connectivity index (χ1n) is 9.65. The number of carbonyl (C=O) groups is 1. The van der Waals surface area contributed by atoms with Gasteiger partial charge in [-0.2, -0.15) is 5.10 Å². The molecule has 1 aromatic carbocycles. The van der Waals surface area contributed by atoms with Gasteiger partial charge in [0.2, 0.25) is 0 Å². The van der Waals surface area contributed by atoms with E-state index in [1.165, 1.54) is 23.5 Å². The minimum atomic E-state index is -0.282. The highest BCUT2D eigenvalue weighted by Gasteiger charge is 2.24.